The lowest BCUT2D eigenvalue weighted by molar-refractivity contribution is 0.0998. The molecule has 1 aliphatic carbocycles. The first-order valence-electron chi connectivity index (χ1n) is 6.91. The number of pyridine rings is 1. The molecule has 0 bridgehead atoms. The normalized spacial score (nSPS) is 13.8. The highest BCUT2D eigenvalue weighted by atomic mass is 19.1. The fourth-order valence-electron chi connectivity index (χ4n) is 2.87. The highest BCUT2D eigenvalue weighted by Crippen LogP contribution is 2.23. The molecular formula is C16H15FN2O2. The van der Waals surface area contributed by atoms with E-state index in [0.29, 0.717) is 24.1 Å². The first-order valence-corrected chi connectivity index (χ1v) is 6.91. The zero-order valence-electron chi connectivity index (χ0n) is 11.4. The summed E-state index contributed by atoms with van der Waals surface area (Å²) >= 11 is 0. The van der Waals surface area contributed by atoms with E-state index in [-0.39, 0.29) is 11.0 Å². The van der Waals surface area contributed by atoms with Crippen LogP contribution in [0.2, 0.25) is 0 Å². The average Bonchev–Trinajstić information content (AvgIpc) is 2.48. The summed E-state index contributed by atoms with van der Waals surface area (Å²) in [5.74, 6) is -1.18. The molecule has 2 N–H and O–H groups in total. The molecule has 1 heterocycles. The van der Waals surface area contributed by atoms with Gasteiger partial charge in [0.25, 0.3) is 5.91 Å². The minimum Gasteiger partial charge on any atom is -0.365 e. The Hall–Kier alpha value is -2.43. The van der Waals surface area contributed by atoms with Crippen LogP contribution in [-0.4, -0.2) is 10.5 Å². The Balaban J connectivity index is 2.34. The van der Waals surface area contributed by atoms with Gasteiger partial charge in [-0.2, -0.15) is 0 Å². The van der Waals surface area contributed by atoms with Gasteiger partial charge in [-0.15, -0.1) is 0 Å². The summed E-state index contributed by atoms with van der Waals surface area (Å²) in [6, 6.07) is 6.30. The van der Waals surface area contributed by atoms with Crippen molar-refractivity contribution in [3.8, 4) is 5.69 Å². The summed E-state index contributed by atoms with van der Waals surface area (Å²) in [7, 11) is 0. The second kappa shape index (κ2) is 5.16. The van der Waals surface area contributed by atoms with Crippen LogP contribution in [0.3, 0.4) is 0 Å². The second-order valence-corrected chi connectivity index (χ2v) is 5.19. The van der Waals surface area contributed by atoms with Crippen LogP contribution in [0.4, 0.5) is 4.39 Å². The zero-order chi connectivity index (χ0) is 15.0. The molecule has 3 rings (SSSR count). The number of halogens is 1. The molecule has 0 spiro atoms. The second-order valence-electron chi connectivity index (χ2n) is 5.19. The Morgan fingerprint density at radius 3 is 2.62 bits per heavy atom. The molecule has 0 atom stereocenters. The molecule has 5 heteroatoms. The number of hydrogen-bond acceptors (Lipinski definition) is 2. The van der Waals surface area contributed by atoms with Crippen molar-refractivity contribution in [3.63, 3.8) is 0 Å². The molecule has 0 fully saturated rings. The van der Waals surface area contributed by atoms with Crippen molar-refractivity contribution < 1.29 is 9.18 Å². The van der Waals surface area contributed by atoms with Crippen LogP contribution in [0.25, 0.3) is 5.69 Å². The number of nitrogens with zero attached hydrogens (tertiary/aromatic N) is 1. The van der Waals surface area contributed by atoms with E-state index in [1.807, 2.05) is 0 Å². The zero-order valence-corrected chi connectivity index (χ0v) is 11.4. The van der Waals surface area contributed by atoms with E-state index < -0.39 is 11.7 Å². The Labute approximate surface area is 121 Å². The minimum absolute atomic E-state index is 0.0843. The lowest BCUT2D eigenvalue weighted by Gasteiger charge is -2.22. The maximum absolute atomic E-state index is 14.1. The standard InChI is InChI=1S/C16H15FN2O2/c17-12-6-2-4-8-14(12)19-9-11(16(18)21)15(20)10-5-1-3-7-13(10)19/h2,4,6,8-9H,1,3,5,7H2,(H2,18,21). The number of fused-ring (bicyclic) bond motifs is 1. The van der Waals surface area contributed by atoms with Crippen LogP contribution >= 0.6 is 0 Å². The van der Waals surface area contributed by atoms with E-state index in [1.54, 1.807) is 22.8 Å². The van der Waals surface area contributed by atoms with Crippen molar-refractivity contribution in [3.05, 3.63) is 63.3 Å². The molecule has 0 radical (unpaired) electrons. The van der Waals surface area contributed by atoms with Gasteiger partial charge in [0.05, 0.1) is 5.69 Å². The lowest BCUT2D eigenvalue weighted by atomic mass is 9.93. The van der Waals surface area contributed by atoms with E-state index in [4.69, 9.17) is 5.73 Å². The maximum atomic E-state index is 14.1. The van der Waals surface area contributed by atoms with E-state index in [9.17, 15) is 14.0 Å². The molecule has 2 aromatic rings. The number of amides is 1. The van der Waals surface area contributed by atoms with E-state index in [2.05, 4.69) is 0 Å². The fourth-order valence-corrected chi connectivity index (χ4v) is 2.87. The van der Waals surface area contributed by atoms with Crippen LogP contribution in [0.5, 0.6) is 0 Å². The molecule has 1 aromatic carbocycles. The first-order chi connectivity index (χ1) is 10.1. The minimum atomic E-state index is -0.779. The number of para-hydroxylation sites is 1. The number of carbonyl (C=O) groups is 1. The van der Waals surface area contributed by atoms with Gasteiger partial charge in [0.15, 0.2) is 5.43 Å². The molecule has 0 saturated carbocycles. The maximum Gasteiger partial charge on any atom is 0.254 e. The number of benzene rings is 1. The van der Waals surface area contributed by atoms with Gasteiger partial charge in [-0.1, -0.05) is 12.1 Å². The number of primary amides is 1. The Kier molecular flexibility index (Phi) is 3.33. The third kappa shape index (κ3) is 2.24. The van der Waals surface area contributed by atoms with Gasteiger partial charge in [-0.25, -0.2) is 4.39 Å². The topological polar surface area (TPSA) is 65.1 Å². The van der Waals surface area contributed by atoms with Crippen molar-refractivity contribution in [1.82, 2.24) is 4.57 Å². The molecule has 108 valence electrons. The molecule has 0 aliphatic heterocycles. The summed E-state index contributed by atoms with van der Waals surface area (Å²) in [5.41, 5.74) is 6.58. The Bertz CT molecular complexity index is 780. The van der Waals surface area contributed by atoms with Gasteiger partial charge in [-0.3, -0.25) is 9.59 Å². The number of hydrogen-bond donors (Lipinski definition) is 1. The van der Waals surface area contributed by atoms with Gasteiger partial charge < -0.3 is 10.3 Å². The monoisotopic (exact) mass is 286 g/mol. The molecule has 4 nitrogen and oxygen atoms in total. The van der Waals surface area contributed by atoms with Crippen LogP contribution in [0.15, 0.2) is 35.3 Å². The predicted molar refractivity (Wildman–Crippen MR) is 77.2 cm³/mol. The van der Waals surface area contributed by atoms with Crippen molar-refractivity contribution in [2.24, 2.45) is 5.73 Å². The highest BCUT2D eigenvalue weighted by Gasteiger charge is 2.22. The van der Waals surface area contributed by atoms with E-state index >= 15 is 0 Å². The number of rotatable bonds is 2. The molecule has 1 amide bonds. The summed E-state index contributed by atoms with van der Waals surface area (Å²) in [4.78, 5) is 23.8. The molecule has 0 unspecified atom stereocenters. The van der Waals surface area contributed by atoms with Gasteiger partial charge in [0, 0.05) is 17.5 Å². The van der Waals surface area contributed by atoms with Gasteiger partial charge in [-0.05, 0) is 37.8 Å². The van der Waals surface area contributed by atoms with Gasteiger partial charge in [0.2, 0.25) is 0 Å². The summed E-state index contributed by atoms with van der Waals surface area (Å²) in [6.07, 6.45) is 4.49. The van der Waals surface area contributed by atoms with Crippen molar-refractivity contribution in [2.75, 3.05) is 0 Å². The quantitative estimate of drug-likeness (QED) is 0.917. The molecular weight excluding hydrogens is 271 g/mol. The number of nitrogens with two attached hydrogens (primary N) is 1. The molecule has 1 aliphatic rings. The highest BCUT2D eigenvalue weighted by molar-refractivity contribution is 5.92. The summed E-state index contributed by atoms with van der Waals surface area (Å²) in [6.45, 7) is 0. The first kappa shape index (κ1) is 13.5. The smallest absolute Gasteiger partial charge is 0.254 e. The predicted octanol–water partition coefficient (Wildman–Crippen LogP) is 1.95. The average molecular weight is 286 g/mol. The molecule has 21 heavy (non-hydrogen) atoms. The van der Waals surface area contributed by atoms with Crippen molar-refractivity contribution >= 4 is 5.91 Å². The fraction of sp³-hybridized carbons (Fsp3) is 0.250. The molecule has 0 saturated heterocycles. The third-order valence-corrected chi connectivity index (χ3v) is 3.88. The Morgan fingerprint density at radius 1 is 1.19 bits per heavy atom. The van der Waals surface area contributed by atoms with Crippen LogP contribution in [0.1, 0.15) is 34.5 Å². The number of carbonyl (C=O) groups excluding carboxylic acids is 1. The van der Waals surface area contributed by atoms with E-state index in [0.717, 1.165) is 18.5 Å². The van der Waals surface area contributed by atoms with Gasteiger partial charge >= 0.3 is 0 Å². The largest absolute Gasteiger partial charge is 0.365 e. The molecule has 1 aromatic heterocycles. The van der Waals surface area contributed by atoms with Crippen molar-refractivity contribution in [2.45, 2.75) is 25.7 Å². The third-order valence-electron chi connectivity index (χ3n) is 3.88. The van der Waals surface area contributed by atoms with Crippen LogP contribution in [0, 0.1) is 5.82 Å². The lowest BCUT2D eigenvalue weighted by Crippen LogP contribution is -2.30. The van der Waals surface area contributed by atoms with Crippen LogP contribution < -0.4 is 11.2 Å². The van der Waals surface area contributed by atoms with Gasteiger partial charge in [0.1, 0.15) is 11.4 Å². The van der Waals surface area contributed by atoms with Crippen molar-refractivity contribution in [1.29, 1.82) is 0 Å². The Morgan fingerprint density at radius 2 is 1.90 bits per heavy atom. The summed E-state index contributed by atoms with van der Waals surface area (Å²) < 4.78 is 15.7. The van der Waals surface area contributed by atoms with E-state index in [1.165, 1.54) is 12.3 Å². The SMILES string of the molecule is NC(=O)c1cn(-c2ccccc2F)c2c(c1=O)CCCC2. The summed E-state index contributed by atoms with van der Waals surface area (Å²) in [5, 5.41) is 0. The number of aromatic nitrogens is 1. The van der Waals surface area contributed by atoms with Crippen LogP contribution in [-0.2, 0) is 12.8 Å².